The molecule has 1 saturated heterocycles. The molecule has 0 radical (unpaired) electrons. The maximum Gasteiger partial charge on any atom is 0.174 e. The smallest absolute Gasteiger partial charge is 0.174 e. The van der Waals surface area contributed by atoms with E-state index in [-0.39, 0.29) is 18.3 Å². The average Bonchev–Trinajstić information content (AvgIpc) is 3.41. The predicted octanol–water partition coefficient (Wildman–Crippen LogP) is 4.30. The number of aliphatic hydroxyl groups is 1. The Hall–Kier alpha value is -3.23. The Balaban J connectivity index is 1.50. The van der Waals surface area contributed by atoms with Crippen LogP contribution in [0, 0.1) is 5.82 Å². The molecule has 35 heavy (non-hydrogen) atoms. The molecule has 0 aliphatic carbocycles. The van der Waals surface area contributed by atoms with E-state index in [1.165, 1.54) is 12.3 Å². The highest BCUT2D eigenvalue weighted by Gasteiger charge is 2.17. The number of Topliss-reactive ketones (excluding diaryl/α,β-unsaturated/α-hetero) is 1. The number of ketones is 1. The Morgan fingerprint density at radius 1 is 1.26 bits per heavy atom. The van der Waals surface area contributed by atoms with Crippen molar-refractivity contribution in [3.8, 4) is 11.1 Å². The fourth-order valence-corrected chi connectivity index (χ4v) is 4.06. The van der Waals surface area contributed by atoms with Gasteiger partial charge in [0.25, 0.3) is 0 Å². The number of aliphatic hydroxyl groups excluding tert-OH is 1. The SMILES string of the molecule is NCc1ccc(C(=O)Cc2ccncc2F)cc1-c1cccc(/C=C/C(O)OCC2CCCO2)c1. The Labute approximate surface area is 204 Å². The maximum atomic E-state index is 14.0. The minimum Gasteiger partial charge on any atom is -0.376 e. The van der Waals surface area contributed by atoms with Crippen LogP contribution in [-0.2, 0) is 22.4 Å². The molecule has 3 aromatic rings. The standard InChI is InChI=1S/C28H29FN2O4/c29-26-17-31-11-10-21(26)15-27(32)22-7-8-23(16-30)25(14-22)20-4-1-3-19(13-20)6-9-28(33)35-18-24-5-2-12-34-24/h1,3-4,6-11,13-14,17,24,28,33H,2,5,12,15-16,18,30H2/b9-6+. The molecule has 6 nitrogen and oxygen atoms in total. The summed E-state index contributed by atoms with van der Waals surface area (Å²) in [6.45, 7) is 1.40. The summed E-state index contributed by atoms with van der Waals surface area (Å²) >= 11 is 0. The molecule has 0 spiro atoms. The molecule has 2 atom stereocenters. The van der Waals surface area contributed by atoms with Crippen LogP contribution in [0.1, 0.15) is 39.9 Å². The van der Waals surface area contributed by atoms with Gasteiger partial charge in [-0.1, -0.05) is 36.4 Å². The van der Waals surface area contributed by atoms with Gasteiger partial charge in [-0.2, -0.15) is 0 Å². The molecule has 1 aliphatic heterocycles. The lowest BCUT2D eigenvalue weighted by Crippen LogP contribution is -2.19. The predicted molar refractivity (Wildman–Crippen MR) is 132 cm³/mol. The lowest BCUT2D eigenvalue weighted by atomic mass is 9.93. The first-order chi connectivity index (χ1) is 17.0. The molecule has 7 heteroatoms. The first-order valence-corrected chi connectivity index (χ1v) is 11.7. The number of benzene rings is 2. The van der Waals surface area contributed by atoms with E-state index in [0.29, 0.717) is 24.3 Å². The van der Waals surface area contributed by atoms with Crippen molar-refractivity contribution in [2.24, 2.45) is 5.73 Å². The highest BCUT2D eigenvalue weighted by atomic mass is 19.1. The van der Waals surface area contributed by atoms with E-state index < -0.39 is 12.1 Å². The van der Waals surface area contributed by atoms with Gasteiger partial charge in [-0.3, -0.25) is 9.78 Å². The molecule has 1 fully saturated rings. The van der Waals surface area contributed by atoms with E-state index in [1.807, 2.05) is 30.3 Å². The number of hydrogen-bond acceptors (Lipinski definition) is 6. The molecular weight excluding hydrogens is 447 g/mol. The third-order valence-corrected chi connectivity index (χ3v) is 5.99. The van der Waals surface area contributed by atoms with Gasteiger partial charge in [0, 0.05) is 31.3 Å². The minimum absolute atomic E-state index is 0.0427. The van der Waals surface area contributed by atoms with Gasteiger partial charge >= 0.3 is 0 Å². The van der Waals surface area contributed by atoms with Crippen molar-refractivity contribution in [3.63, 3.8) is 0 Å². The molecule has 182 valence electrons. The number of pyridine rings is 1. The van der Waals surface area contributed by atoms with E-state index in [9.17, 15) is 14.3 Å². The van der Waals surface area contributed by atoms with Crippen LogP contribution in [0.25, 0.3) is 17.2 Å². The van der Waals surface area contributed by atoms with E-state index in [4.69, 9.17) is 15.2 Å². The fourth-order valence-electron chi connectivity index (χ4n) is 4.06. The van der Waals surface area contributed by atoms with Crippen molar-refractivity contribution in [3.05, 3.63) is 95.1 Å². The first kappa shape index (κ1) is 24.9. The summed E-state index contributed by atoms with van der Waals surface area (Å²) in [5.41, 5.74) is 10.2. The van der Waals surface area contributed by atoms with Gasteiger partial charge in [-0.25, -0.2) is 4.39 Å². The Morgan fingerprint density at radius 3 is 2.91 bits per heavy atom. The molecule has 2 unspecified atom stereocenters. The maximum absolute atomic E-state index is 14.0. The van der Waals surface area contributed by atoms with E-state index in [0.717, 1.165) is 47.9 Å². The second-order valence-corrected chi connectivity index (χ2v) is 8.49. The monoisotopic (exact) mass is 476 g/mol. The second kappa shape index (κ2) is 12.0. The van der Waals surface area contributed by atoms with Gasteiger partial charge in [-0.05, 0) is 64.9 Å². The highest BCUT2D eigenvalue weighted by Crippen LogP contribution is 2.27. The normalized spacial score (nSPS) is 16.6. The van der Waals surface area contributed by atoms with E-state index in [1.54, 1.807) is 24.3 Å². The molecule has 3 N–H and O–H groups in total. The summed E-state index contributed by atoms with van der Waals surface area (Å²) in [7, 11) is 0. The number of nitrogens with two attached hydrogens (primary N) is 1. The van der Waals surface area contributed by atoms with Crippen molar-refractivity contribution in [1.82, 2.24) is 4.98 Å². The number of rotatable bonds is 10. The lowest BCUT2D eigenvalue weighted by Gasteiger charge is -2.13. The molecule has 0 bridgehead atoms. The zero-order chi connectivity index (χ0) is 24.6. The van der Waals surface area contributed by atoms with Crippen LogP contribution in [0.3, 0.4) is 0 Å². The summed E-state index contributed by atoms with van der Waals surface area (Å²) in [5.74, 6) is -0.691. The molecule has 4 rings (SSSR count). The average molecular weight is 477 g/mol. The Bertz CT molecular complexity index is 1190. The van der Waals surface area contributed by atoms with Crippen LogP contribution in [-0.4, -0.2) is 41.5 Å². The van der Waals surface area contributed by atoms with Crippen LogP contribution in [0.4, 0.5) is 4.39 Å². The van der Waals surface area contributed by atoms with Gasteiger partial charge in [-0.15, -0.1) is 0 Å². The second-order valence-electron chi connectivity index (χ2n) is 8.49. The molecule has 1 aliphatic rings. The van der Waals surface area contributed by atoms with E-state index in [2.05, 4.69) is 4.98 Å². The third kappa shape index (κ3) is 6.68. The summed E-state index contributed by atoms with van der Waals surface area (Å²) in [6, 6.07) is 14.6. The van der Waals surface area contributed by atoms with Crippen molar-refractivity contribution in [1.29, 1.82) is 0 Å². The number of nitrogens with zero attached hydrogens (tertiary/aromatic N) is 1. The number of carbonyl (C=O) groups excluding carboxylic acids is 1. The Kier molecular flexibility index (Phi) is 8.50. The number of halogens is 1. The summed E-state index contributed by atoms with van der Waals surface area (Å²) in [6.07, 6.45) is 6.87. The first-order valence-electron chi connectivity index (χ1n) is 11.7. The van der Waals surface area contributed by atoms with Gasteiger partial charge in [0.1, 0.15) is 5.82 Å². The quantitative estimate of drug-likeness (QED) is 0.335. The van der Waals surface area contributed by atoms with Crippen molar-refractivity contribution in [2.45, 2.75) is 38.2 Å². The zero-order valence-electron chi connectivity index (χ0n) is 19.4. The molecule has 2 aromatic carbocycles. The van der Waals surface area contributed by atoms with Gasteiger partial charge in [0.05, 0.1) is 18.9 Å². The van der Waals surface area contributed by atoms with E-state index >= 15 is 0 Å². The lowest BCUT2D eigenvalue weighted by molar-refractivity contribution is -0.0942. The van der Waals surface area contributed by atoms with Crippen LogP contribution in [0.5, 0.6) is 0 Å². The fraction of sp³-hybridized carbons (Fsp3) is 0.286. The molecule has 2 heterocycles. The van der Waals surface area contributed by atoms with Crippen LogP contribution < -0.4 is 5.73 Å². The summed E-state index contributed by atoms with van der Waals surface area (Å²) in [5, 5.41) is 10.1. The number of ether oxygens (including phenoxy) is 2. The molecule has 0 amide bonds. The molecular formula is C28H29FN2O4. The summed E-state index contributed by atoms with van der Waals surface area (Å²) in [4.78, 5) is 16.6. The number of carbonyl (C=O) groups is 1. The summed E-state index contributed by atoms with van der Waals surface area (Å²) < 4.78 is 24.9. The third-order valence-electron chi connectivity index (χ3n) is 5.99. The van der Waals surface area contributed by atoms with Gasteiger partial charge in [0.2, 0.25) is 0 Å². The van der Waals surface area contributed by atoms with Crippen LogP contribution >= 0.6 is 0 Å². The van der Waals surface area contributed by atoms with Crippen molar-refractivity contribution < 1.29 is 23.8 Å². The molecule has 0 saturated carbocycles. The Morgan fingerprint density at radius 2 is 2.14 bits per heavy atom. The number of hydrogen-bond donors (Lipinski definition) is 2. The van der Waals surface area contributed by atoms with Crippen LogP contribution in [0.2, 0.25) is 0 Å². The highest BCUT2D eigenvalue weighted by molar-refractivity contribution is 5.98. The number of aromatic nitrogens is 1. The largest absolute Gasteiger partial charge is 0.376 e. The van der Waals surface area contributed by atoms with Crippen LogP contribution in [0.15, 0.2) is 67.0 Å². The van der Waals surface area contributed by atoms with Gasteiger partial charge in [0.15, 0.2) is 12.1 Å². The van der Waals surface area contributed by atoms with Crippen molar-refractivity contribution >= 4 is 11.9 Å². The minimum atomic E-state index is -1.03. The topological polar surface area (TPSA) is 94.7 Å². The van der Waals surface area contributed by atoms with Gasteiger partial charge < -0.3 is 20.3 Å². The zero-order valence-corrected chi connectivity index (χ0v) is 19.4. The van der Waals surface area contributed by atoms with Crippen molar-refractivity contribution in [2.75, 3.05) is 13.2 Å². The molecule has 1 aromatic heterocycles.